The van der Waals surface area contributed by atoms with Crippen LogP contribution in [0.15, 0.2) is 60.7 Å². The molecule has 0 atom stereocenters. The van der Waals surface area contributed by atoms with Gasteiger partial charge in [-0.2, -0.15) is 0 Å². The van der Waals surface area contributed by atoms with Crippen molar-refractivity contribution in [3.63, 3.8) is 0 Å². The lowest BCUT2D eigenvalue weighted by atomic mass is 10.1. The first-order valence-electron chi connectivity index (χ1n) is 8.12. The van der Waals surface area contributed by atoms with Gasteiger partial charge in [0.05, 0.1) is 0 Å². The van der Waals surface area contributed by atoms with Gasteiger partial charge in [0.1, 0.15) is 5.82 Å². The smallest absolute Gasteiger partial charge is 0.257 e. The van der Waals surface area contributed by atoms with E-state index in [-0.39, 0.29) is 5.91 Å². The molecule has 0 spiro atoms. The number of amides is 1. The summed E-state index contributed by atoms with van der Waals surface area (Å²) < 4.78 is 0. The summed E-state index contributed by atoms with van der Waals surface area (Å²) in [5.41, 5.74) is 3.95. The van der Waals surface area contributed by atoms with Gasteiger partial charge in [0.2, 0.25) is 0 Å². The van der Waals surface area contributed by atoms with Crippen molar-refractivity contribution >= 4 is 17.5 Å². The molecule has 25 heavy (non-hydrogen) atoms. The Kier molecular flexibility index (Phi) is 5.04. The molecule has 0 saturated heterocycles. The first-order valence-corrected chi connectivity index (χ1v) is 8.12. The summed E-state index contributed by atoms with van der Waals surface area (Å²) >= 11 is 0. The molecule has 0 aliphatic carbocycles. The summed E-state index contributed by atoms with van der Waals surface area (Å²) in [5.74, 6) is 0.901. The van der Waals surface area contributed by atoms with Crippen LogP contribution in [0.5, 0.6) is 0 Å². The monoisotopic (exact) mass is 332 g/mol. The molecule has 3 rings (SSSR count). The van der Waals surface area contributed by atoms with Crippen LogP contribution >= 0.6 is 0 Å². The van der Waals surface area contributed by atoms with E-state index < -0.39 is 0 Å². The minimum absolute atomic E-state index is 0.187. The normalized spacial score (nSPS) is 10.3. The number of aryl methyl sites for hydroxylation is 2. The van der Waals surface area contributed by atoms with Gasteiger partial charge < -0.3 is 10.6 Å². The molecule has 126 valence electrons. The van der Waals surface area contributed by atoms with Crippen molar-refractivity contribution < 1.29 is 4.79 Å². The minimum atomic E-state index is -0.187. The van der Waals surface area contributed by atoms with Gasteiger partial charge in [-0.25, -0.2) is 0 Å². The van der Waals surface area contributed by atoms with Crippen molar-refractivity contribution in [1.82, 2.24) is 10.2 Å². The number of nitrogens with one attached hydrogen (secondary N) is 2. The zero-order chi connectivity index (χ0) is 17.6. The molecule has 5 nitrogen and oxygen atoms in total. The fraction of sp³-hybridized carbons (Fsp3) is 0.150. The Morgan fingerprint density at radius 3 is 2.40 bits per heavy atom. The van der Waals surface area contributed by atoms with Gasteiger partial charge >= 0.3 is 0 Å². The molecule has 0 fully saturated rings. The minimum Gasteiger partial charge on any atom is -0.365 e. The predicted molar refractivity (Wildman–Crippen MR) is 99.7 cm³/mol. The van der Waals surface area contributed by atoms with E-state index in [1.165, 1.54) is 11.1 Å². The van der Waals surface area contributed by atoms with E-state index in [4.69, 9.17) is 0 Å². The number of nitrogens with zero attached hydrogens (tertiary/aromatic N) is 2. The Morgan fingerprint density at radius 1 is 0.920 bits per heavy atom. The van der Waals surface area contributed by atoms with Gasteiger partial charge in [0.25, 0.3) is 5.91 Å². The number of carbonyl (C=O) groups excluding carboxylic acids is 1. The van der Waals surface area contributed by atoms with E-state index in [1.54, 1.807) is 18.2 Å². The lowest BCUT2D eigenvalue weighted by molar-refractivity contribution is 0.102. The van der Waals surface area contributed by atoms with E-state index >= 15 is 0 Å². The molecular weight excluding hydrogens is 312 g/mol. The zero-order valence-corrected chi connectivity index (χ0v) is 14.3. The molecular formula is C20H20N4O. The average Bonchev–Trinajstić information content (AvgIpc) is 2.61. The molecule has 1 heterocycles. The molecule has 0 aliphatic rings. The second kappa shape index (κ2) is 7.57. The van der Waals surface area contributed by atoms with Crippen LogP contribution in [0.1, 0.15) is 27.0 Å². The quantitative estimate of drug-likeness (QED) is 0.742. The van der Waals surface area contributed by atoms with E-state index in [1.807, 2.05) is 31.2 Å². The van der Waals surface area contributed by atoms with Crippen LogP contribution in [0.25, 0.3) is 0 Å². The topological polar surface area (TPSA) is 66.9 Å². The fourth-order valence-electron chi connectivity index (χ4n) is 2.52. The summed E-state index contributed by atoms with van der Waals surface area (Å²) in [6, 6.07) is 19.2. The fourth-order valence-corrected chi connectivity index (χ4v) is 2.52. The van der Waals surface area contributed by atoms with Crippen LogP contribution in [-0.2, 0) is 6.54 Å². The second-order valence-corrected chi connectivity index (χ2v) is 5.92. The lowest BCUT2D eigenvalue weighted by Crippen LogP contribution is -2.14. The highest BCUT2D eigenvalue weighted by Gasteiger charge is 2.09. The Labute approximate surface area is 147 Å². The average molecular weight is 332 g/mol. The number of aromatic nitrogens is 2. The third kappa shape index (κ3) is 4.41. The van der Waals surface area contributed by atoms with Crippen LogP contribution in [0, 0.1) is 13.8 Å². The lowest BCUT2D eigenvalue weighted by Gasteiger charge is -2.08. The maximum atomic E-state index is 12.3. The van der Waals surface area contributed by atoms with Gasteiger partial charge in [0.15, 0.2) is 5.82 Å². The molecule has 0 aliphatic heterocycles. The van der Waals surface area contributed by atoms with Crippen molar-refractivity contribution in [2.75, 3.05) is 10.6 Å². The highest BCUT2D eigenvalue weighted by Crippen LogP contribution is 2.12. The standard InChI is InChI=1S/C20H20N4O/c1-14-6-5-8-16(12-14)13-21-18-10-11-19(24-23-18)22-20(25)17-9-4-3-7-15(17)2/h3-12H,13H2,1-2H3,(H,21,23)(H,22,24,25). The first kappa shape index (κ1) is 16.6. The molecule has 0 unspecified atom stereocenters. The third-order valence-electron chi connectivity index (χ3n) is 3.85. The Morgan fingerprint density at radius 2 is 1.68 bits per heavy atom. The number of anilines is 2. The molecule has 0 saturated carbocycles. The van der Waals surface area contributed by atoms with Crippen molar-refractivity contribution in [3.8, 4) is 0 Å². The molecule has 0 bridgehead atoms. The summed E-state index contributed by atoms with van der Waals surface area (Å²) in [5, 5.41) is 14.2. The van der Waals surface area contributed by atoms with Crippen LogP contribution in [0.3, 0.4) is 0 Å². The molecule has 5 heteroatoms. The van der Waals surface area contributed by atoms with Crippen molar-refractivity contribution in [3.05, 3.63) is 82.9 Å². The molecule has 2 aromatic carbocycles. The van der Waals surface area contributed by atoms with Crippen LogP contribution in [-0.4, -0.2) is 16.1 Å². The highest BCUT2D eigenvalue weighted by molar-refractivity contribution is 6.04. The highest BCUT2D eigenvalue weighted by atomic mass is 16.1. The SMILES string of the molecule is Cc1cccc(CNc2ccc(NC(=O)c3ccccc3C)nn2)c1. The largest absolute Gasteiger partial charge is 0.365 e. The van der Waals surface area contributed by atoms with Crippen molar-refractivity contribution in [2.24, 2.45) is 0 Å². The maximum absolute atomic E-state index is 12.3. The summed E-state index contributed by atoms with van der Waals surface area (Å²) in [7, 11) is 0. The summed E-state index contributed by atoms with van der Waals surface area (Å²) in [6.45, 7) is 4.64. The van der Waals surface area contributed by atoms with Gasteiger partial charge in [-0.15, -0.1) is 10.2 Å². The molecule has 1 aromatic heterocycles. The summed E-state index contributed by atoms with van der Waals surface area (Å²) in [4.78, 5) is 12.3. The van der Waals surface area contributed by atoms with Gasteiger partial charge in [-0.3, -0.25) is 4.79 Å². The van der Waals surface area contributed by atoms with Gasteiger partial charge in [-0.05, 0) is 43.2 Å². The van der Waals surface area contributed by atoms with Crippen molar-refractivity contribution in [1.29, 1.82) is 0 Å². The van der Waals surface area contributed by atoms with Crippen LogP contribution < -0.4 is 10.6 Å². The predicted octanol–water partition coefficient (Wildman–Crippen LogP) is 3.96. The first-order chi connectivity index (χ1) is 12.1. The zero-order valence-electron chi connectivity index (χ0n) is 14.3. The molecule has 2 N–H and O–H groups in total. The van der Waals surface area contributed by atoms with E-state index in [0.29, 0.717) is 23.7 Å². The second-order valence-electron chi connectivity index (χ2n) is 5.92. The van der Waals surface area contributed by atoms with Gasteiger partial charge in [0, 0.05) is 12.1 Å². The van der Waals surface area contributed by atoms with Crippen LogP contribution in [0.4, 0.5) is 11.6 Å². The number of benzene rings is 2. The number of rotatable bonds is 5. The molecule has 3 aromatic rings. The number of carbonyl (C=O) groups is 1. The third-order valence-corrected chi connectivity index (χ3v) is 3.85. The molecule has 1 amide bonds. The summed E-state index contributed by atoms with van der Waals surface area (Å²) in [6.07, 6.45) is 0. The van der Waals surface area contributed by atoms with E-state index in [0.717, 1.165) is 5.56 Å². The molecule has 0 radical (unpaired) electrons. The Bertz CT molecular complexity index is 875. The van der Waals surface area contributed by atoms with E-state index in [9.17, 15) is 4.79 Å². The van der Waals surface area contributed by atoms with E-state index in [2.05, 4.69) is 46.0 Å². The van der Waals surface area contributed by atoms with Crippen molar-refractivity contribution in [2.45, 2.75) is 20.4 Å². The number of hydrogen-bond acceptors (Lipinski definition) is 4. The van der Waals surface area contributed by atoms with Gasteiger partial charge in [-0.1, -0.05) is 48.0 Å². The number of hydrogen-bond donors (Lipinski definition) is 2. The Hall–Kier alpha value is -3.21. The maximum Gasteiger partial charge on any atom is 0.257 e. The Balaban J connectivity index is 1.60. The van der Waals surface area contributed by atoms with Crippen LogP contribution in [0.2, 0.25) is 0 Å².